The van der Waals surface area contributed by atoms with Crippen LogP contribution in [0, 0.1) is 11.3 Å². The van der Waals surface area contributed by atoms with Gasteiger partial charge in [0.15, 0.2) is 5.69 Å². The number of ether oxygens (including phenoxy) is 2. The fourth-order valence-corrected chi connectivity index (χ4v) is 1.76. The number of imidazole rings is 1. The zero-order valence-electron chi connectivity index (χ0n) is 10.5. The minimum Gasteiger partial charge on any atom is -0.497 e. The molecule has 92 valence electrons. The Hall–Kier alpha value is -2.48. The van der Waals surface area contributed by atoms with E-state index in [0.717, 1.165) is 5.56 Å². The van der Waals surface area contributed by atoms with Crippen LogP contribution in [0.3, 0.4) is 0 Å². The second-order valence-corrected chi connectivity index (χ2v) is 3.74. The molecule has 0 aliphatic rings. The Balaban J connectivity index is 2.61. The van der Waals surface area contributed by atoms with E-state index in [0.29, 0.717) is 23.0 Å². The summed E-state index contributed by atoms with van der Waals surface area (Å²) in [4.78, 5) is 4.25. The van der Waals surface area contributed by atoms with Crippen molar-refractivity contribution in [3.63, 3.8) is 0 Å². The molecule has 0 aliphatic carbocycles. The third-order valence-electron chi connectivity index (χ3n) is 2.64. The number of nitriles is 1. The van der Waals surface area contributed by atoms with Gasteiger partial charge in [0, 0.05) is 13.2 Å². The van der Waals surface area contributed by atoms with E-state index in [1.165, 1.54) is 0 Å². The number of benzene rings is 1. The summed E-state index contributed by atoms with van der Waals surface area (Å²) < 4.78 is 12.3. The summed E-state index contributed by atoms with van der Waals surface area (Å²) in [5.41, 5.74) is 1.17. The topological polar surface area (TPSA) is 60.1 Å². The average molecular weight is 243 g/mol. The van der Waals surface area contributed by atoms with E-state index < -0.39 is 0 Å². The normalized spacial score (nSPS) is 9.89. The molecule has 0 radical (unpaired) electrons. The van der Waals surface area contributed by atoms with Crippen molar-refractivity contribution in [2.24, 2.45) is 7.05 Å². The van der Waals surface area contributed by atoms with Crippen molar-refractivity contribution >= 4 is 0 Å². The van der Waals surface area contributed by atoms with Crippen molar-refractivity contribution < 1.29 is 9.47 Å². The highest BCUT2D eigenvalue weighted by Crippen LogP contribution is 2.32. The maximum Gasteiger partial charge on any atom is 0.159 e. The van der Waals surface area contributed by atoms with Gasteiger partial charge in [-0.15, -0.1) is 0 Å². The number of rotatable bonds is 3. The van der Waals surface area contributed by atoms with E-state index in [9.17, 15) is 0 Å². The molecule has 0 bridgehead atoms. The highest BCUT2D eigenvalue weighted by atomic mass is 16.5. The fraction of sp³-hybridized carbons (Fsp3) is 0.231. The molecular weight excluding hydrogens is 230 g/mol. The SMILES string of the molecule is COc1ccc(OC)c(-c2nc(C#N)cn2C)c1. The molecule has 1 aromatic carbocycles. The fourth-order valence-electron chi connectivity index (χ4n) is 1.76. The third-order valence-corrected chi connectivity index (χ3v) is 2.64. The van der Waals surface area contributed by atoms with Crippen LogP contribution in [0.1, 0.15) is 5.69 Å². The third kappa shape index (κ3) is 2.00. The van der Waals surface area contributed by atoms with E-state index in [2.05, 4.69) is 4.98 Å². The van der Waals surface area contributed by atoms with Crippen molar-refractivity contribution in [1.82, 2.24) is 9.55 Å². The van der Waals surface area contributed by atoms with Gasteiger partial charge in [0.2, 0.25) is 0 Å². The van der Waals surface area contributed by atoms with Crippen LogP contribution in [0.4, 0.5) is 0 Å². The summed E-state index contributed by atoms with van der Waals surface area (Å²) in [6.45, 7) is 0. The van der Waals surface area contributed by atoms with E-state index in [4.69, 9.17) is 14.7 Å². The molecule has 0 atom stereocenters. The first-order valence-electron chi connectivity index (χ1n) is 5.35. The molecule has 18 heavy (non-hydrogen) atoms. The summed E-state index contributed by atoms with van der Waals surface area (Å²) in [7, 11) is 5.03. The van der Waals surface area contributed by atoms with Gasteiger partial charge >= 0.3 is 0 Å². The second-order valence-electron chi connectivity index (χ2n) is 3.74. The van der Waals surface area contributed by atoms with Gasteiger partial charge in [0.25, 0.3) is 0 Å². The number of aryl methyl sites for hydroxylation is 1. The van der Waals surface area contributed by atoms with E-state index in [1.807, 2.05) is 31.3 Å². The van der Waals surface area contributed by atoms with Gasteiger partial charge in [-0.3, -0.25) is 0 Å². The number of aromatic nitrogens is 2. The van der Waals surface area contributed by atoms with E-state index >= 15 is 0 Å². The Labute approximate surface area is 105 Å². The highest BCUT2D eigenvalue weighted by Gasteiger charge is 2.13. The van der Waals surface area contributed by atoms with Crippen LogP contribution in [0.5, 0.6) is 11.5 Å². The first kappa shape index (κ1) is 12.0. The minimum absolute atomic E-state index is 0.373. The molecule has 0 N–H and O–H groups in total. The van der Waals surface area contributed by atoms with Gasteiger partial charge in [-0.1, -0.05) is 0 Å². The van der Waals surface area contributed by atoms with Crippen molar-refractivity contribution in [2.45, 2.75) is 0 Å². The Bertz CT molecular complexity index is 611. The molecule has 5 heteroatoms. The number of nitrogens with zero attached hydrogens (tertiary/aromatic N) is 3. The molecular formula is C13H13N3O2. The lowest BCUT2D eigenvalue weighted by Crippen LogP contribution is -1.95. The molecule has 2 aromatic rings. The van der Waals surface area contributed by atoms with Crippen molar-refractivity contribution in [2.75, 3.05) is 14.2 Å². The molecule has 0 saturated carbocycles. The zero-order chi connectivity index (χ0) is 13.1. The summed E-state index contributed by atoms with van der Waals surface area (Å²) in [6, 6.07) is 7.49. The maximum atomic E-state index is 8.87. The van der Waals surface area contributed by atoms with Gasteiger partial charge in [0.1, 0.15) is 23.4 Å². The lowest BCUT2D eigenvalue weighted by Gasteiger charge is -2.10. The van der Waals surface area contributed by atoms with Crippen LogP contribution in [0.25, 0.3) is 11.4 Å². The first-order chi connectivity index (χ1) is 8.69. The number of methoxy groups -OCH3 is 2. The number of hydrogen-bond donors (Lipinski definition) is 0. The Morgan fingerprint density at radius 3 is 2.61 bits per heavy atom. The lowest BCUT2D eigenvalue weighted by atomic mass is 10.1. The Kier molecular flexibility index (Phi) is 3.20. The zero-order valence-corrected chi connectivity index (χ0v) is 10.5. The van der Waals surface area contributed by atoms with Gasteiger partial charge < -0.3 is 14.0 Å². The smallest absolute Gasteiger partial charge is 0.159 e. The Morgan fingerprint density at radius 1 is 1.28 bits per heavy atom. The minimum atomic E-state index is 0.373. The van der Waals surface area contributed by atoms with Gasteiger partial charge in [-0.25, -0.2) is 4.98 Å². The maximum absolute atomic E-state index is 8.87. The summed E-state index contributed by atoms with van der Waals surface area (Å²) >= 11 is 0. The standard InChI is InChI=1S/C13H13N3O2/c1-16-8-9(7-14)15-13(16)11-6-10(17-2)4-5-12(11)18-3/h4-6,8H,1-3H3. The highest BCUT2D eigenvalue weighted by molar-refractivity contribution is 5.67. The number of hydrogen-bond acceptors (Lipinski definition) is 4. The molecule has 1 aromatic heterocycles. The van der Waals surface area contributed by atoms with Crippen molar-refractivity contribution in [3.05, 3.63) is 30.1 Å². The lowest BCUT2D eigenvalue weighted by molar-refractivity contribution is 0.404. The first-order valence-corrected chi connectivity index (χ1v) is 5.35. The van der Waals surface area contributed by atoms with Crippen LogP contribution >= 0.6 is 0 Å². The molecule has 5 nitrogen and oxygen atoms in total. The van der Waals surface area contributed by atoms with Crippen molar-refractivity contribution in [1.29, 1.82) is 5.26 Å². The summed E-state index contributed by atoms with van der Waals surface area (Å²) in [6.07, 6.45) is 1.67. The molecule has 0 amide bonds. The van der Waals surface area contributed by atoms with Crippen LogP contribution in [0.15, 0.2) is 24.4 Å². The molecule has 0 aliphatic heterocycles. The average Bonchev–Trinajstić information content (AvgIpc) is 2.79. The van der Waals surface area contributed by atoms with E-state index in [-0.39, 0.29) is 0 Å². The van der Waals surface area contributed by atoms with Crippen LogP contribution < -0.4 is 9.47 Å². The largest absolute Gasteiger partial charge is 0.497 e. The molecule has 0 saturated heterocycles. The molecule has 1 heterocycles. The van der Waals surface area contributed by atoms with Gasteiger partial charge in [0.05, 0.1) is 19.8 Å². The van der Waals surface area contributed by atoms with Crippen LogP contribution in [-0.2, 0) is 7.05 Å². The van der Waals surface area contributed by atoms with E-state index in [1.54, 1.807) is 25.0 Å². The Morgan fingerprint density at radius 2 is 2.06 bits per heavy atom. The molecule has 0 spiro atoms. The van der Waals surface area contributed by atoms with Gasteiger partial charge in [-0.05, 0) is 18.2 Å². The van der Waals surface area contributed by atoms with Crippen LogP contribution in [-0.4, -0.2) is 23.8 Å². The monoisotopic (exact) mass is 243 g/mol. The quantitative estimate of drug-likeness (QED) is 0.827. The van der Waals surface area contributed by atoms with Crippen molar-refractivity contribution in [3.8, 4) is 29.0 Å². The molecule has 0 fully saturated rings. The van der Waals surface area contributed by atoms with Crippen LogP contribution in [0.2, 0.25) is 0 Å². The predicted molar refractivity (Wildman–Crippen MR) is 66.5 cm³/mol. The van der Waals surface area contributed by atoms with Gasteiger partial charge in [-0.2, -0.15) is 5.26 Å². The predicted octanol–water partition coefficient (Wildman–Crippen LogP) is 1.98. The second kappa shape index (κ2) is 4.80. The molecule has 0 unspecified atom stereocenters. The summed E-state index contributed by atoms with van der Waals surface area (Å²) in [5.74, 6) is 2.07. The molecule has 2 rings (SSSR count). The summed E-state index contributed by atoms with van der Waals surface area (Å²) in [5, 5.41) is 8.87.